The van der Waals surface area contributed by atoms with Crippen LogP contribution in [0.3, 0.4) is 0 Å². The average molecular weight is 320 g/mol. The van der Waals surface area contributed by atoms with Crippen molar-refractivity contribution in [1.29, 1.82) is 5.26 Å². The van der Waals surface area contributed by atoms with E-state index in [2.05, 4.69) is 6.07 Å². The van der Waals surface area contributed by atoms with Gasteiger partial charge in [0.1, 0.15) is 5.75 Å². The molecule has 1 heterocycles. The summed E-state index contributed by atoms with van der Waals surface area (Å²) in [5.74, 6) is 0.714. The van der Waals surface area contributed by atoms with Crippen LogP contribution in [0.15, 0.2) is 48.5 Å². The van der Waals surface area contributed by atoms with E-state index in [1.807, 2.05) is 56.3 Å². The van der Waals surface area contributed by atoms with Crippen LogP contribution in [0.2, 0.25) is 0 Å². The van der Waals surface area contributed by atoms with Gasteiger partial charge in [0.05, 0.1) is 23.9 Å². The molecule has 0 bridgehead atoms. The Morgan fingerprint density at radius 3 is 2.58 bits per heavy atom. The van der Waals surface area contributed by atoms with Crippen molar-refractivity contribution < 1.29 is 9.53 Å². The van der Waals surface area contributed by atoms with Gasteiger partial charge in [0.15, 0.2) is 5.60 Å². The van der Waals surface area contributed by atoms with Crippen LogP contribution in [0, 0.1) is 11.3 Å². The largest absolute Gasteiger partial charge is 0.475 e. The van der Waals surface area contributed by atoms with E-state index in [4.69, 9.17) is 10.00 Å². The summed E-state index contributed by atoms with van der Waals surface area (Å²) in [5, 5.41) is 9.09. The topological polar surface area (TPSA) is 53.3 Å². The lowest BCUT2D eigenvalue weighted by Crippen LogP contribution is -2.55. The van der Waals surface area contributed by atoms with Crippen LogP contribution in [0.4, 0.5) is 5.69 Å². The highest BCUT2D eigenvalue weighted by Gasteiger charge is 2.45. The van der Waals surface area contributed by atoms with Crippen molar-refractivity contribution in [2.24, 2.45) is 0 Å². The van der Waals surface area contributed by atoms with E-state index in [0.717, 1.165) is 17.0 Å². The monoisotopic (exact) mass is 320 g/mol. The number of amides is 1. The second kappa shape index (κ2) is 6.37. The molecule has 1 aliphatic heterocycles. The van der Waals surface area contributed by atoms with E-state index in [1.54, 1.807) is 11.0 Å². The molecule has 1 aliphatic rings. The molecule has 24 heavy (non-hydrogen) atoms. The summed E-state index contributed by atoms with van der Waals surface area (Å²) in [7, 11) is 0. The van der Waals surface area contributed by atoms with Gasteiger partial charge in [-0.1, -0.05) is 38.1 Å². The zero-order chi connectivity index (χ0) is 17.2. The molecule has 3 rings (SSSR count). The number of para-hydroxylation sites is 2. The highest BCUT2D eigenvalue weighted by molar-refractivity contribution is 6.02. The fourth-order valence-corrected chi connectivity index (χ4v) is 3.15. The fourth-order valence-electron chi connectivity index (χ4n) is 3.15. The molecule has 0 saturated carbocycles. The number of carbonyl (C=O) groups excluding carboxylic acids is 1. The van der Waals surface area contributed by atoms with Crippen LogP contribution in [0.5, 0.6) is 5.75 Å². The summed E-state index contributed by atoms with van der Waals surface area (Å²) in [4.78, 5) is 14.9. The number of nitriles is 1. The number of fused-ring (bicyclic) bond motifs is 1. The SMILES string of the molecule is CCC1(CC)Oc2ccccc2N(Cc2cccc(C#N)c2)C1=O. The van der Waals surface area contributed by atoms with Crippen molar-refractivity contribution >= 4 is 11.6 Å². The molecule has 0 saturated heterocycles. The van der Waals surface area contributed by atoms with Gasteiger partial charge in [-0.2, -0.15) is 5.26 Å². The summed E-state index contributed by atoms with van der Waals surface area (Å²) in [5.41, 5.74) is 1.49. The number of carbonyl (C=O) groups is 1. The summed E-state index contributed by atoms with van der Waals surface area (Å²) in [6.45, 7) is 4.38. The van der Waals surface area contributed by atoms with Gasteiger partial charge in [0.25, 0.3) is 5.91 Å². The average Bonchev–Trinajstić information content (AvgIpc) is 2.64. The lowest BCUT2D eigenvalue weighted by atomic mass is 9.92. The maximum Gasteiger partial charge on any atom is 0.271 e. The standard InChI is InChI=1S/C20H20N2O2/c1-3-20(4-2)19(23)22(17-10-5-6-11-18(17)24-20)14-16-9-7-8-15(12-16)13-21/h5-12H,3-4,14H2,1-2H3. The molecule has 4 heteroatoms. The Labute approximate surface area is 142 Å². The molecule has 0 spiro atoms. The minimum absolute atomic E-state index is 0.0199. The first-order valence-corrected chi connectivity index (χ1v) is 8.22. The summed E-state index contributed by atoms with van der Waals surface area (Å²) in [6, 6.07) is 17.1. The first-order valence-electron chi connectivity index (χ1n) is 8.22. The lowest BCUT2D eigenvalue weighted by molar-refractivity contribution is -0.136. The lowest BCUT2D eigenvalue weighted by Gasteiger charge is -2.42. The Morgan fingerprint density at radius 1 is 1.12 bits per heavy atom. The maximum absolute atomic E-state index is 13.2. The van der Waals surface area contributed by atoms with Crippen LogP contribution in [-0.4, -0.2) is 11.5 Å². The molecular formula is C20H20N2O2. The smallest absolute Gasteiger partial charge is 0.271 e. The van der Waals surface area contributed by atoms with Gasteiger partial charge in [-0.25, -0.2) is 0 Å². The van der Waals surface area contributed by atoms with Crippen molar-refractivity contribution in [2.45, 2.75) is 38.8 Å². The maximum atomic E-state index is 13.2. The van der Waals surface area contributed by atoms with E-state index in [9.17, 15) is 4.79 Å². The van der Waals surface area contributed by atoms with Gasteiger partial charge >= 0.3 is 0 Å². The van der Waals surface area contributed by atoms with Gasteiger partial charge in [0, 0.05) is 0 Å². The third kappa shape index (κ3) is 2.63. The first-order chi connectivity index (χ1) is 11.6. The van der Waals surface area contributed by atoms with Crippen LogP contribution in [0.25, 0.3) is 0 Å². The molecule has 0 atom stereocenters. The minimum atomic E-state index is -0.818. The van der Waals surface area contributed by atoms with Crippen molar-refractivity contribution in [1.82, 2.24) is 0 Å². The number of anilines is 1. The van der Waals surface area contributed by atoms with Gasteiger partial charge in [-0.05, 0) is 42.7 Å². The molecular weight excluding hydrogens is 300 g/mol. The fraction of sp³-hybridized carbons (Fsp3) is 0.300. The van der Waals surface area contributed by atoms with Crippen LogP contribution >= 0.6 is 0 Å². The van der Waals surface area contributed by atoms with E-state index in [-0.39, 0.29) is 5.91 Å². The number of rotatable bonds is 4. The Hall–Kier alpha value is -2.80. The van der Waals surface area contributed by atoms with Gasteiger partial charge in [-0.15, -0.1) is 0 Å². The minimum Gasteiger partial charge on any atom is -0.475 e. The Kier molecular flexibility index (Phi) is 4.26. The Balaban J connectivity index is 2.04. The zero-order valence-electron chi connectivity index (χ0n) is 14.0. The Morgan fingerprint density at radius 2 is 1.88 bits per heavy atom. The molecule has 0 unspecified atom stereocenters. The molecule has 4 nitrogen and oxygen atoms in total. The number of ether oxygens (including phenoxy) is 1. The highest BCUT2D eigenvalue weighted by atomic mass is 16.5. The second-order valence-corrected chi connectivity index (χ2v) is 5.97. The van der Waals surface area contributed by atoms with Crippen molar-refractivity contribution in [2.75, 3.05) is 4.90 Å². The quantitative estimate of drug-likeness (QED) is 0.854. The predicted octanol–water partition coefficient (Wildman–Crippen LogP) is 4.04. The number of nitrogens with zero attached hydrogens (tertiary/aromatic N) is 2. The van der Waals surface area contributed by atoms with Gasteiger partial charge in [0.2, 0.25) is 0 Å². The van der Waals surface area contributed by atoms with E-state index < -0.39 is 5.60 Å². The van der Waals surface area contributed by atoms with Gasteiger partial charge in [-0.3, -0.25) is 4.79 Å². The van der Waals surface area contributed by atoms with Crippen molar-refractivity contribution in [3.05, 3.63) is 59.7 Å². The molecule has 0 fully saturated rings. The number of hydrogen-bond acceptors (Lipinski definition) is 3. The van der Waals surface area contributed by atoms with Crippen LogP contribution in [0.1, 0.15) is 37.8 Å². The van der Waals surface area contributed by atoms with E-state index in [1.165, 1.54) is 0 Å². The summed E-state index contributed by atoms with van der Waals surface area (Å²) >= 11 is 0. The summed E-state index contributed by atoms with van der Waals surface area (Å²) < 4.78 is 6.10. The number of hydrogen-bond donors (Lipinski definition) is 0. The molecule has 0 aromatic heterocycles. The Bertz CT molecular complexity index is 803. The second-order valence-electron chi connectivity index (χ2n) is 5.97. The third-order valence-electron chi connectivity index (χ3n) is 4.64. The van der Waals surface area contributed by atoms with Crippen molar-refractivity contribution in [3.8, 4) is 11.8 Å². The molecule has 2 aromatic rings. The highest BCUT2D eigenvalue weighted by Crippen LogP contribution is 2.41. The summed E-state index contributed by atoms with van der Waals surface area (Å²) in [6.07, 6.45) is 1.23. The molecule has 0 N–H and O–H groups in total. The molecule has 0 radical (unpaired) electrons. The first kappa shape index (κ1) is 16.1. The molecule has 0 aliphatic carbocycles. The third-order valence-corrected chi connectivity index (χ3v) is 4.64. The van der Waals surface area contributed by atoms with Crippen LogP contribution in [-0.2, 0) is 11.3 Å². The normalized spacial score (nSPS) is 15.4. The van der Waals surface area contributed by atoms with Gasteiger partial charge < -0.3 is 9.64 Å². The predicted molar refractivity (Wildman–Crippen MR) is 92.7 cm³/mol. The van der Waals surface area contributed by atoms with Crippen LogP contribution < -0.4 is 9.64 Å². The molecule has 1 amide bonds. The molecule has 2 aromatic carbocycles. The molecule has 122 valence electrons. The van der Waals surface area contributed by atoms with Crippen molar-refractivity contribution in [3.63, 3.8) is 0 Å². The number of benzene rings is 2. The zero-order valence-corrected chi connectivity index (χ0v) is 14.0. The van der Waals surface area contributed by atoms with E-state index >= 15 is 0 Å². The van der Waals surface area contributed by atoms with E-state index in [0.29, 0.717) is 24.9 Å².